The summed E-state index contributed by atoms with van der Waals surface area (Å²) in [4.78, 5) is 15.6. The number of benzene rings is 2. The van der Waals surface area contributed by atoms with Crippen LogP contribution < -0.4 is 10.1 Å². The standard InChI is InChI=1S/C19H21N3O4S/c1-4-26-17-10-9-14(12-18(17)27(24,25)22(2)3)20-19(23)16-11-13-7-5-6-8-15(13)21-16/h5-12,21H,4H2,1-3H3,(H,20,23). The van der Waals surface area contributed by atoms with Crippen molar-refractivity contribution in [3.8, 4) is 5.75 Å². The molecule has 1 heterocycles. The molecule has 8 heteroatoms. The number of hydrogen-bond acceptors (Lipinski definition) is 4. The van der Waals surface area contributed by atoms with Gasteiger partial charge in [0.1, 0.15) is 16.3 Å². The van der Waals surface area contributed by atoms with Crippen molar-refractivity contribution in [2.75, 3.05) is 26.0 Å². The molecule has 0 atom stereocenters. The van der Waals surface area contributed by atoms with Gasteiger partial charge in [-0.1, -0.05) is 18.2 Å². The SMILES string of the molecule is CCOc1ccc(NC(=O)c2cc3ccccc3[nH]2)cc1S(=O)(=O)N(C)C. The largest absolute Gasteiger partial charge is 0.492 e. The Labute approximate surface area is 158 Å². The van der Waals surface area contributed by atoms with E-state index in [1.807, 2.05) is 24.3 Å². The second-order valence-corrected chi connectivity index (χ2v) is 8.23. The van der Waals surface area contributed by atoms with Crippen LogP contribution in [-0.4, -0.2) is 44.3 Å². The molecular formula is C19H21N3O4S. The lowest BCUT2D eigenvalue weighted by Crippen LogP contribution is -2.23. The fourth-order valence-electron chi connectivity index (χ4n) is 2.65. The quantitative estimate of drug-likeness (QED) is 0.680. The Morgan fingerprint density at radius 3 is 2.56 bits per heavy atom. The maximum atomic E-state index is 12.6. The molecule has 0 fully saturated rings. The number of H-pyrrole nitrogens is 1. The van der Waals surface area contributed by atoms with E-state index in [-0.39, 0.29) is 16.6 Å². The Bertz CT molecular complexity index is 1050. The maximum absolute atomic E-state index is 12.6. The van der Waals surface area contributed by atoms with Crippen molar-refractivity contribution in [3.05, 3.63) is 54.2 Å². The summed E-state index contributed by atoms with van der Waals surface area (Å²) < 4.78 is 31.7. The number of ether oxygens (including phenoxy) is 1. The zero-order valence-corrected chi connectivity index (χ0v) is 16.1. The Hall–Kier alpha value is -2.84. The molecule has 2 N–H and O–H groups in total. The molecule has 2 aromatic carbocycles. The van der Waals surface area contributed by atoms with Crippen molar-refractivity contribution in [3.63, 3.8) is 0 Å². The molecule has 1 aromatic heterocycles. The molecule has 3 aromatic rings. The van der Waals surface area contributed by atoms with Gasteiger partial charge in [-0.2, -0.15) is 0 Å². The maximum Gasteiger partial charge on any atom is 0.272 e. The summed E-state index contributed by atoms with van der Waals surface area (Å²) in [6, 6.07) is 13.9. The van der Waals surface area contributed by atoms with E-state index >= 15 is 0 Å². The van der Waals surface area contributed by atoms with Crippen LogP contribution >= 0.6 is 0 Å². The summed E-state index contributed by atoms with van der Waals surface area (Å²) >= 11 is 0. The number of rotatable bonds is 6. The first-order chi connectivity index (χ1) is 12.8. The highest BCUT2D eigenvalue weighted by Crippen LogP contribution is 2.29. The van der Waals surface area contributed by atoms with Crippen molar-refractivity contribution in [1.29, 1.82) is 0 Å². The van der Waals surface area contributed by atoms with Crippen LogP contribution in [0.25, 0.3) is 10.9 Å². The third-order valence-electron chi connectivity index (χ3n) is 4.03. The van der Waals surface area contributed by atoms with Gasteiger partial charge in [0.15, 0.2) is 0 Å². The van der Waals surface area contributed by atoms with Crippen LogP contribution in [0.2, 0.25) is 0 Å². The minimum atomic E-state index is -3.72. The molecule has 0 aliphatic heterocycles. The molecule has 0 aliphatic rings. The van der Waals surface area contributed by atoms with E-state index in [0.29, 0.717) is 18.0 Å². The summed E-state index contributed by atoms with van der Waals surface area (Å²) in [7, 11) is -0.833. The van der Waals surface area contributed by atoms with Crippen molar-refractivity contribution in [2.45, 2.75) is 11.8 Å². The van der Waals surface area contributed by atoms with E-state index in [1.54, 1.807) is 25.1 Å². The van der Waals surface area contributed by atoms with E-state index in [0.717, 1.165) is 15.2 Å². The Kier molecular flexibility index (Phi) is 5.20. The van der Waals surface area contributed by atoms with Crippen LogP contribution in [0.3, 0.4) is 0 Å². The van der Waals surface area contributed by atoms with Gasteiger partial charge >= 0.3 is 0 Å². The molecule has 27 heavy (non-hydrogen) atoms. The molecular weight excluding hydrogens is 366 g/mol. The second-order valence-electron chi connectivity index (χ2n) is 6.11. The molecule has 0 radical (unpaired) electrons. The van der Waals surface area contributed by atoms with Crippen molar-refractivity contribution in [1.82, 2.24) is 9.29 Å². The lowest BCUT2D eigenvalue weighted by molar-refractivity contribution is 0.102. The lowest BCUT2D eigenvalue weighted by Gasteiger charge is -2.16. The number of carbonyl (C=O) groups excluding carboxylic acids is 1. The van der Waals surface area contributed by atoms with Gasteiger partial charge in [0.2, 0.25) is 10.0 Å². The fraction of sp³-hybridized carbons (Fsp3) is 0.211. The summed E-state index contributed by atoms with van der Waals surface area (Å²) in [5.41, 5.74) is 1.61. The third-order valence-corrected chi connectivity index (χ3v) is 5.87. The van der Waals surface area contributed by atoms with Gasteiger partial charge in [-0.25, -0.2) is 12.7 Å². The summed E-state index contributed by atoms with van der Waals surface area (Å²) in [6.07, 6.45) is 0. The Morgan fingerprint density at radius 2 is 1.89 bits per heavy atom. The van der Waals surface area contributed by atoms with E-state index in [2.05, 4.69) is 10.3 Å². The van der Waals surface area contributed by atoms with Gasteiger partial charge in [0, 0.05) is 30.7 Å². The Balaban J connectivity index is 1.93. The number of para-hydroxylation sites is 1. The topological polar surface area (TPSA) is 91.5 Å². The number of carbonyl (C=O) groups is 1. The van der Waals surface area contributed by atoms with E-state index in [9.17, 15) is 13.2 Å². The van der Waals surface area contributed by atoms with Crippen LogP contribution in [0.15, 0.2) is 53.4 Å². The minimum Gasteiger partial charge on any atom is -0.492 e. The van der Waals surface area contributed by atoms with E-state index in [4.69, 9.17) is 4.74 Å². The highest BCUT2D eigenvalue weighted by Gasteiger charge is 2.23. The number of aromatic amines is 1. The number of sulfonamides is 1. The van der Waals surface area contributed by atoms with Gasteiger partial charge in [0.05, 0.1) is 6.61 Å². The normalized spacial score (nSPS) is 11.7. The predicted octanol–water partition coefficient (Wildman–Crippen LogP) is 3.07. The number of nitrogens with one attached hydrogen (secondary N) is 2. The number of fused-ring (bicyclic) bond motifs is 1. The number of hydrogen-bond donors (Lipinski definition) is 2. The van der Waals surface area contributed by atoms with Gasteiger partial charge < -0.3 is 15.0 Å². The molecule has 0 spiro atoms. The van der Waals surface area contributed by atoms with Crippen LogP contribution in [-0.2, 0) is 10.0 Å². The predicted molar refractivity (Wildman–Crippen MR) is 105 cm³/mol. The molecule has 1 amide bonds. The molecule has 7 nitrogen and oxygen atoms in total. The molecule has 0 saturated heterocycles. The first-order valence-electron chi connectivity index (χ1n) is 8.41. The number of aromatic nitrogens is 1. The summed E-state index contributed by atoms with van der Waals surface area (Å²) in [6.45, 7) is 2.11. The van der Waals surface area contributed by atoms with Gasteiger partial charge in [-0.3, -0.25) is 4.79 Å². The molecule has 0 unspecified atom stereocenters. The van der Waals surface area contributed by atoms with E-state index in [1.165, 1.54) is 20.2 Å². The molecule has 3 rings (SSSR count). The van der Waals surface area contributed by atoms with Crippen LogP contribution in [0.4, 0.5) is 5.69 Å². The number of nitrogens with zero attached hydrogens (tertiary/aromatic N) is 1. The third kappa shape index (κ3) is 3.81. The van der Waals surface area contributed by atoms with Gasteiger partial charge in [0.25, 0.3) is 5.91 Å². The summed E-state index contributed by atoms with van der Waals surface area (Å²) in [5.74, 6) is -0.113. The zero-order valence-electron chi connectivity index (χ0n) is 15.3. The number of amides is 1. The smallest absolute Gasteiger partial charge is 0.272 e. The molecule has 142 valence electrons. The van der Waals surface area contributed by atoms with Crippen LogP contribution in [0, 0.1) is 0 Å². The summed E-state index contributed by atoms with van der Waals surface area (Å²) in [5, 5.41) is 3.65. The molecule has 0 saturated carbocycles. The second kappa shape index (κ2) is 7.42. The van der Waals surface area contributed by atoms with Crippen molar-refractivity contribution < 1.29 is 17.9 Å². The van der Waals surface area contributed by atoms with Crippen molar-refractivity contribution in [2.24, 2.45) is 0 Å². The average Bonchev–Trinajstić information content (AvgIpc) is 3.07. The van der Waals surface area contributed by atoms with Crippen LogP contribution in [0.5, 0.6) is 5.75 Å². The highest BCUT2D eigenvalue weighted by atomic mass is 32.2. The molecule has 0 bridgehead atoms. The van der Waals surface area contributed by atoms with Crippen molar-refractivity contribution >= 4 is 32.5 Å². The van der Waals surface area contributed by atoms with Gasteiger partial charge in [-0.15, -0.1) is 0 Å². The highest BCUT2D eigenvalue weighted by molar-refractivity contribution is 7.89. The lowest BCUT2D eigenvalue weighted by atomic mass is 10.2. The number of anilines is 1. The molecule has 0 aliphatic carbocycles. The van der Waals surface area contributed by atoms with E-state index < -0.39 is 10.0 Å². The fourth-order valence-corrected chi connectivity index (χ4v) is 3.70. The first-order valence-corrected chi connectivity index (χ1v) is 9.85. The first kappa shape index (κ1) is 18.9. The minimum absolute atomic E-state index is 0.00352. The monoisotopic (exact) mass is 387 g/mol. The van der Waals surface area contributed by atoms with Crippen LogP contribution in [0.1, 0.15) is 17.4 Å². The zero-order chi connectivity index (χ0) is 19.6. The Morgan fingerprint density at radius 1 is 1.15 bits per heavy atom. The average molecular weight is 387 g/mol. The van der Waals surface area contributed by atoms with Gasteiger partial charge in [-0.05, 0) is 37.3 Å².